The summed E-state index contributed by atoms with van der Waals surface area (Å²) in [5.74, 6) is -0.190. The van der Waals surface area contributed by atoms with Crippen LogP contribution in [0.3, 0.4) is 0 Å². The molecule has 0 unspecified atom stereocenters. The molecule has 0 radical (unpaired) electrons. The lowest BCUT2D eigenvalue weighted by molar-refractivity contribution is 0.0471. The summed E-state index contributed by atoms with van der Waals surface area (Å²) < 4.78 is 15.8. The smallest absolute Gasteiger partial charge is 0.338 e. The molecule has 0 aliphatic heterocycles. The summed E-state index contributed by atoms with van der Waals surface area (Å²) in [7, 11) is 1.32. The first kappa shape index (κ1) is 20.0. The van der Waals surface area contributed by atoms with Gasteiger partial charge in [-0.25, -0.2) is 9.59 Å². The predicted molar refractivity (Wildman–Crippen MR) is 112 cm³/mol. The fourth-order valence-corrected chi connectivity index (χ4v) is 2.90. The lowest BCUT2D eigenvalue weighted by Gasteiger charge is -2.06. The topological polar surface area (TPSA) is 91.5 Å². The van der Waals surface area contributed by atoms with Gasteiger partial charge in [-0.1, -0.05) is 36.4 Å². The number of rotatable bonds is 6. The van der Waals surface area contributed by atoms with E-state index in [2.05, 4.69) is 14.9 Å². The monoisotopic (exact) mass is 414 g/mol. The van der Waals surface area contributed by atoms with E-state index >= 15 is 0 Å². The first-order valence-corrected chi connectivity index (χ1v) is 9.48. The fraction of sp³-hybridized carbons (Fsp3) is 0.0833. The summed E-state index contributed by atoms with van der Waals surface area (Å²) in [6.45, 7) is 0.0726. The normalized spacial score (nSPS) is 10.5. The molecule has 31 heavy (non-hydrogen) atoms. The van der Waals surface area contributed by atoms with Gasteiger partial charge in [0.15, 0.2) is 0 Å². The molecule has 1 aromatic heterocycles. The molecule has 0 aliphatic carbocycles. The summed E-state index contributed by atoms with van der Waals surface area (Å²) >= 11 is 0. The Morgan fingerprint density at radius 2 is 1.45 bits per heavy atom. The molecule has 0 fully saturated rings. The number of carbonyl (C=O) groups is 2. The number of hydrogen-bond donors (Lipinski definition) is 0. The zero-order valence-corrected chi connectivity index (χ0v) is 16.6. The number of nitrogens with zero attached hydrogens (tertiary/aromatic N) is 2. The molecule has 0 bridgehead atoms. The standard InChI is InChI=1S/C24H18N2O5/c1-29-23(27)18-12-10-16(11-13-18)15-30-24(28)20-9-5-8-19(14-20)22-26-25-21(31-22)17-6-3-2-4-7-17/h2-14H,15H2,1H3. The van der Waals surface area contributed by atoms with Crippen molar-refractivity contribution in [3.63, 3.8) is 0 Å². The number of methoxy groups -OCH3 is 1. The molecule has 0 aliphatic rings. The highest BCUT2D eigenvalue weighted by Crippen LogP contribution is 2.24. The Labute approximate surface area is 178 Å². The van der Waals surface area contributed by atoms with Crippen LogP contribution in [0.4, 0.5) is 0 Å². The summed E-state index contributed by atoms with van der Waals surface area (Å²) in [6, 6.07) is 22.9. The van der Waals surface area contributed by atoms with Gasteiger partial charge in [0.25, 0.3) is 0 Å². The van der Waals surface area contributed by atoms with Crippen molar-refractivity contribution < 1.29 is 23.5 Å². The summed E-state index contributed by atoms with van der Waals surface area (Å²) in [6.07, 6.45) is 0. The highest BCUT2D eigenvalue weighted by atomic mass is 16.5. The number of esters is 2. The molecule has 4 rings (SSSR count). The van der Waals surface area contributed by atoms with Crippen LogP contribution in [0.15, 0.2) is 83.3 Å². The molecule has 7 heteroatoms. The van der Waals surface area contributed by atoms with Gasteiger partial charge in [-0.3, -0.25) is 0 Å². The number of hydrogen-bond acceptors (Lipinski definition) is 7. The van der Waals surface area contributed by atoms with Gasteiger partial charge < -0.3 is 13.9 Å². The van der Waals surface area contributed by atoms with E-state index in [9.17, 15) is 9.59 Å². The van der Waals surface area contributed by atoms with Crippen molar-refractivity contribution in [2.24, 2.45) is 0 Å². The predicted octanol–water partition coefficient (Wildman–Crippen LogP) is 4.55. The van der Waals surface area contributed by atoms with Crippen molar-refractivity contribution in [2.45, 2.75) is 6.61 Å². The van der Waals surface area contributed by atoms with E-state index in [0.717, 1.165) is 11.1 Å². The van der Waals surface area contributed by atoms with Crippen LogP contribution in [0.2, 0.25) is 0 Å². The minimum absolute atomic E-state index is 0.0726. The third kappa shape index (κ3) is 4.67. The van der Waals surface area contributed by atoms with Crippen molar-refractivity contribution in [3.05, 3.63) is 95.6 Å². The molecular weight excluding hydrogens is 396 g/mol. The van der Waals surface area contributed by atoms with Gasteiger partial charge in [-0.15, -0.1) is 10.2 Å². The Bertz CT molecular complexity index is 1200. The van der Waals surface area contributed by atoms with Crippen LogP contribution in [-0.4, -0.2) is 29.2 Å². The van der Waals surface area contributed by atoms with Gasteiger partial charge in [0.05, 0.1) is 18.2 Å². The molecular formula is C24H18N2O5. The average Bonchev–Trinajstić information content (AvgIpc) is 3.33. The number of carbonyl (C=O) groups excluding carboxylic acids is 2. The Hall–Kier alpha value is -4.26. The molecule has 1 heterocycles. The van der Waals surface area contributed by atoms with Gasteiger partial charge in [0.1, 0.15) is 6.61 Å². The zero-order chi connectivity index (χ0) is 21.6. The molecule has 0 amide bonds. The van der Waals surface area contributed by atoms with Crippen molar-refractivity contribution in [1.82, 2.24) is 10.2 Å². The Kier molecular flexibility index (Phi) is 5.84. The van der Waals surface area contributed by atoms with Crippen molar-refractivity contribution in [1.29, 1.82) is 0 Å². The third-order valence-corrected chi connectivity index (χ3v) is 4.54. The highest BCUT2D eigenvalue weighted by molar-refractivity contribution is 5.91. The maximum Gasteiger partial charge on any atom is 0.338 e. The Balaban J connectivity index is 1.44. The lowest BCUT2D eigenvalue weighted by atomic mass is 10.1. The van der Waals surface area contributed by atoms with Crippen LogP contribution < -0.4 is 0 Å². The van der Waals surface area contributed by atoms with Gasteiger partial charge in [0, 0.05) is 11.1 Å². The van der Waals surface area contributed by atoms with Crippen molar-refractivity contribution in [2.75, 3.05) is 7.11 Å². The average molecular weight is 414 g/mol. The van der Waals surface area contributed by atoms with E-state index in [0.29, 0.717) is 28.5 Å². The second-order valence-electron chi connectivity index (χ2n) is 6.62. The molecule has 4 aromatic rings. The molecule has 0 spiro atoms. The minimum atomic E-state index is -0.485. The van der Waals surface area contributed by atoms with E-state index in [4.69, 9.17) is 9.15 Å². The van der Waals surface area contributed by atoms with E-state index in [1.54, 1.807) is 48.5 Å². The molecule has 0 N–H and O–H groups in total. The van der Waals surface area contributed by atoms with Gasteiger partial charge in [0.2, 0.25) is 11.8 Å². The summed E-state index contributed by atoms with van der Waals surface area (Å²) in [5, 5.41) is 8.15. The Morgan fingerprint density at radius 3 is 2.16 bits per heavy atom. The van der Waals surface area contributed by atoms with Gasteiger partial charge >= 0.3 is 11.9 Å². The Morgan fingerprint density at radius 1 is 0.774 bits per heavy atom. The molecule has 0 saturated carbocycles. The first-order valence-electron chi connectivity index (χ1n) is 9.48. The summed E-state index contributed by atoms with van der Waals surface area (Å²) in [4.78, 5) is 24.0. The van der Waals surface area contributed by atoms with Crippen LogP contribution in [0.1, 0.15) is 26.3 Å². The minimum Gasteiger partial charge on any atom is -0.465 e. The number of ether oxygens (including phenoxy) is 2. The highest BCUT2D eigenvalue weighted by Gasteiger charge is 2.14. The quantitative estimate of drug-likeness (QED) is 0.428. The zero-order valence-electron chi connectivity index (χ0n) is 16.6. The van der Waals surface area contributed by atoms with Crippen LogP contribution in [0, 0.1) is 0 Å². The van der Waals surface area contributed by atoms with E-state index in [-0.39, 0.29) is 6.61 Å². The van der Waals surface area contributed by atoms with Crippen LogP contribution >= 0.6 is 0 Å². The van der Waals surface area contributed by atoms with Crippen LogP contribution in [-0.2, 0) is 16.1 Å². The molecule has 0 atom stereocenters. The van der Waals surface area contributed by atoms with Crippen LogP contribution in [0.5, 0.6) is 0 Å². The lowest BCUT2D eigenvalue weighted by Crippen LogP contribution is -2.06. The van der Waals surface area contributed by atoms with Crippen molar-refractivity contribution >= 4 is 11.9 Å². The van der Waals surface area contributed by atoms with Gasteiger partial charge in [-0.2, -0.15) is 0 Å². The van der Waals surface area contributed by atoms with E-state index < -0.39 is 11.9 Å². The second-order valence-corrected chi connectivity index (χ2v) is 6.62. The largest absolute Gasteiger partial charge is 0.465 e. The number of aromatic nitrogens is 2. The van der Waals surface area contributed by atoms with Crippen molar-refractivity contribution in [3.8, 4) is 22.9 Å². The number of benzene rings is 3. The third-order valence-electron chi connectivity index (χ3n) is 4.54. The fourth-order valence-electron chi connectivity index (χ4n) is 2.90. The maximum atomic E-state index is 12.5. The maximum absolute atomic E-state index is 12.5. The van der Waals surface area contributed by atoms with Gasteiger partial charge in [-0.05, 0) is 48.0 Å². The van der Waals surface area contributed by atoms with Crippen LogP contribution in [0.25, 0.3) is 22.9 Å². The molecule has 0 saturated heterocycles. The van der Waals surface area contributed by atoms with E-state index in [1.807, 2.05) is 30.3 Å². The second kappa shape index (κ2) is 9.04. The SMILES string of the molecule is COC(=O)c1ccc(COC(=O)c2cccc(-c3nnc(-c4ccccc4)o3)c2)cc1. The van der Waals surface area contributed by atoms with E-state index in [1.165, 1.54) is 7.11 Å². The first-order chi connectivity index (χ1) is 15.1. The molecule has 3 aromatic carbocycles. The summed E-state index contributed by atoms with van der Waals surface area (Å²) in [5.41, 5.74) is 2.98. The molecule has 7 nitrogen and oxygen atoms in total. The molecule has 154 valence electrons.